The van der Waals surface area contributed by atoms with Crippen LogP contribution in [0.5, 0.6) is 0 Å². The number of ether oxygens (including phenoxy) is 1. The number of nitrogens with one attached hydrogen (secondary N) is 2. The predicted molar refractivity (Wildman–Crippen MR) is 86.8 cm³/mol. The van der Waals surface area contributed by atoms with E-state index in [1.54, 1.807) is 38.7 Å². The number of carbonyl (C=O) groups is 3. The third-order valence-corrected chi connectivity index (χ3v) is 3.29. The zero-order chi connectivity index (χ0) is 17.5. The molecule has 0 aromatic carbocycles. The highest BCUT2D eigenvalue weighted by Gasteiger charge is 2.24. The van der Waals surface area contributed by atoms with E-state index in [4.69, 9.17) is 4.74 Å². The number of carbonyl (C=O) groups excluding carboxylic acids is 3. The molecule has 0 saturated carbocycles. The Morgan fingerprint density at radius 3 is 2.35 bits per heavy atom. The van der Waals surface area contributed by atoms with E-state index in [9.17, 15) is 14.4 Å². The largest absolute Gasteiger partial charge is 0.444 e. The summed E-state index contributed by atoms with van der Waals surface area (Å²) in [5, 5.41) is 5.37. The minimum atomic E-state index is -0.598. The number of hydrogen-bond donors (Lipinski definition) is 2. The molecule has 1 aliphatic rings. The Balaban J connectivity index is 2.30. The average molecular weight is 325 g/mol. The topological polar surface area (TPSA) is 87.7 Å². The van der Waals surface area contributed by atoms with Crippen molar-refractivity contribution in [2.75, 3.05) is 19.6 Å². The van der Waals surface area contributed by atoms with Gasteiger partial charge in [0.2, 0.25) is 11.8 Å². The first kappa shape index (κ1) is 19.0. The molecular weight excluding hydrogens is 298 g/mol. The fourth-order valence-corrected chi connectivity index (χ4v) is 2.25. The third-order valence-electron chi connectivity index (χ3n) is 3.29. The van der Waals surface area contributed by atoms with Gasteiger partial charge in [-0.3, -0.25) is 9.59 Å². The maximum absolute atomic E-state index is 12.1. The number of amides is 3. The second-order valence-electron chi connectivity index (χ2n) is 6.52. The van der Waals surface area contributed by atoms with E-state index >= 15 is 0 Å². The zero-order valence-electron chi connectivity index (χ0n) is 14.3. The summed E-state index contributed by atoms with van der Waals surface area (Å²) < 4.78 is 5.08. The third kappa shape index (κ3) is 7.67. The van der Waals surface area contributed by atoms with Crippen LogP contribution in [-0.4, -0.2) is 54.1 Å². The van der Waals surface area contributed by atoms with Gasteiger partial charge in [-0.05, 0) is 46.6 Å². The van der Waals surface area contributed by atoms with Crippen LogP contribution in [0.4, 0.5) is 4.79 Å². The quantitative estimate of drug-likeness (QED) is 0.760. The van der Waals surface area contributed by atoms with Crippen LogP contribution in [0.25, 0.3) is 0 Å². The van der Waals surface area contributed by atoms with Gasteiger partial charge in [-0.2, -0.15) is 0 Å². The van der Waals surface area contributed by atoms with Crippen LogP contribution in [0.3, 0.4) is 0 Å². The van der Waals surface area contributed by atoms with Gasteiger partial charge in [0.15, 0.2) is 0 Å². The van der Waals surface area contributed by atoms with Crippen LogP contribution in [0.2, 0.25) is 0 Å². The molecule has 0 aromatic heterocycles. The maximum Gasteiger partial charge on any atom is 0.408 e. The number of alkyl carbamates (subject to hydrolysis) is 1. The summed E-state index contributed by atoms with van der Waals surface area (Å²) in [5.41, 5.74) is -0.587. The van der Waals surface area contributed by atoms with Crippen LogP contribution in [0, 0.1) is 0 Å². The van der Waals surface area contributed by atoms with Gasteiger partial charge in [0, 0.05) is 19.1 Å². The summed E-state index contributed by atoms with van der Waals surface area (Å²) in [4.78, 5) is 36.7. The van der Waals surface area contributed by atoms with Gasteiger partial charge in [0.05, 0.1) is 0 Å². The van der Waals surface area contributed by atoms with Crippen molar-refractivity contribution in [2.24, 2.45) is 0 Å². The number of likely N-dealkylation sites (tertiary alicyclic amines) is 1. The number of piperidine rings is 1. The molecule has 130 valence electrons. The van der Waals surface area contributed by atoms with Crippen molar-refractivity contribution in [3.05, 3.63) is 12.2 Å². The van der Waals surface area contributed by atoms with Gasteiger partial charge in [-0.15, -0.1) is 0 Å². The van der Waals surface area contributed by atoms with Gasteiger partial charge in [0.25, 0.3) is 0 Å². The van der Waals surface area contributed by atoms with E-state index in [2.05, 4.69) is 10.6 Å². The predicted octanol–water partition coefficient (Wildman–Crippen LogP) is 1.19. The van der Waals surface area contributed by atoms with E-state index in [0.29, 0.717) is 25.9 Å². The number of nitrogens with zero attached hydrogens (tertiary/aromatic N) is 1. The van der Waals surface area contributed by atoms with E-state index in [1.165, 1.54) is 6.08 Å². The highest BCUT2D eigenvalue weighted by Crippen LogP contribution is 2.11. The van der Waals surface area contributed by atoms with Crippen molar-refractivity contribution >= 4 is 17.9 Å². The molecule has 0 unspecified atom stereocenters. The van der Waals surface area contributed by atoms with Crippen LogP contribution in [0.1, 0.15) is 40.5 Å². The minimum Gasteiger partial charge on any atom is -0.444 e. The van der Waals surface area contributed by atoms with Crippen LogP contribution in [0.15, 0.2) is 12.2 Å². The minimum absolute atomic E-state index is 0.0789. The molecule has 0 aromatic rings. The second kappa shape index (κ2) is 8.55. The molecule has 1 rings (SSSR count). The van der Waals surface area contributed by atoms with Crippen molar-refractivity contribution in [1.82, 2.24) is 15.5 Å². The average Bonchev–Trinajstić information content (AvgIpc) is 2.44. The Kier molecular flexibility index (Phi) is 7.06. The van der Waals surface area contributed by atoms with Gasteiger partial charge in [-0.25, -0.2) is 4.79 Å². The van der Waals surface area contributed by atoms with Gasteiger partial charge in [-0.1, -0.05) is 6.08 Å². The van der Waals surface area contributed by atoms with Crippen molar-refractivity contribution in [3.8, 4) is 0 Å². The summed E-state index contributed by atoms with van der Waals surface area (Å²) in [6.45, 7) is 8.14. The Labute approximate surface area is 137 Å². The Hall–Kier alpha value is -2.05. The first-order valence-electron chi connectivity index (χ1n) is 7.89. The molecule has 0 spiro atoms. The fraction of sp³-hybridized carbons (Fsp3) is 0.688. The Morgan fingerprint density at radius 2 is 1.83 bits per heavy atom. The lowest BCUT2D eigenvalue weighted by Gasteiger charge is -2.32. The van der Waals surface area contributed by atoms with E-state index in [0.717, 1.165) is 0 Å². The number of hydrogen-bond acceptors (Lipinski definition) is 4. The molecule has 0 atom stereocenters. The molecular formula is C16H27N3O4. The number of rotatable bonds is 4. The summed E-state index contributed by atoms with van der Waals surface area (Å²) >= 11 is 0. The summed E-state index contributed by atoms with van der Waals surface area (Å²) in [7, 11) is 0. The molecule has 1 saturated heterocycles. The molecule has 0 radical (unpaired) electrons. The number of allylic oxidation sites excluding steroid dienone is 1. The molecule has 23 heavy (non-hydrogen) atoms. The molecule has 1 heterocycles. The molecule has 3 amide bonds. The smallest absolute Gasteiger partial charge is 0.408 e. The van der Waals surface area contributed by atoms with Crippen molar-refractivity contribution in [2.45, 2.75) is 52.2 Å². The fourth-order valence-electron chi connectivity index (χ4n) is 2.25. The van der Waals surface area contributed by atoms with Crippen molar-refractivity contribution in [1.29, 1.82) is 0 Å². The first-order chi connectivity index (χ1) is 10.7. The van der Waals surface area contributed by atoms with Gasteiger partial charge < -0.3 is 20.3 Å². The van der Waals surface area contributed by atoms with E-state index in [1.807, 2.05) is 0 Å². The highest BCUT2D eigenvalue weighted by atomic mass is 16.6. The molecule has 0 bridgehead atoms. The normalized spacial score (nSPS) is 16.3. The lowest BCUT2D eigenvalue weighted by molar-refractivity contribution is -0.131. The lowest BCUT2D eigenvalue weighted by Crippen LogP contribution is -2.49. The Bertz CT molecular complexity index is 460. The van der Waals surface area contributed by atoms with Crippen LogP contribution < -0.4 is 10.6 Å². The lowest BCUT2D eigenvalue weighted by atomic mass is 10.0. The van der Waals surface area contributed by atoms with E-state index < -0.39 is 11.7 Å². The Morgan fingerprint density at radius 1 is 1.22 bits per heavy atom. The van der Waals surface area contributed by atoms with Crippen LogP contribution >= 0.6 is 0 Å². The summed E-state index contributed by atoms with van der Waals surface area (Å²) in [5.74, 6) is -0.252. The summed E-state index contributed by atoms with van der Waals surface area (Å²) in [6, 6.07) is 0.0848. The van der Waals surface area contributed by atoms with Gasteiger partial charge >= 0.3 is 6.09 Å². The molecule has 1 aliphatic heterocycles. The molecule has 2 N–H and O–H groups in total. The SMILES string of the molecule is C/C=C/C(=O)NC1CCN(C(=O)CNC(=O)OC(C)(C)C)CC1. The standard InChI is InChI=1S/C16H27N3O4/c1-5-6-13(20)18-12-7-9-19(10-8-12)14(21)11-17-15(22)23-16(2,3)4/h5-6,12H,7-11H2,1-4H3,(H,17,22)(H,18,20)/b6-5+. The first-order valence-corrected chi connectivity index (χ1v) is 7.89. The maximum atomic E-state index is 12.1. The molecule has 7 nitrogen and oxygen atoms in total. The van der Waals surface area contributed by atoms with E-state index in [-0.39, 0.29) is 24.4 Å². The van der Waals surface area contributed by atoms with Crippen molar-refractivity contribution < 1.29 is 19.1 Å². The van der Waals surface area contributed by atoms with Crippen LogP contribution in [-0.2, 0) is 14.3 Å². The molecule has 1 fully saturated rings. The molecule has 0 aliphatic carbocycles. The monoisotopic (exact) mass is 325 g/mol. The zero-order valence-corrected chi connectivity index (χ0v) is 14.3. The van der Waals surface area contributed by atoms with Gasteiger partial charge in [0.1, 0.15) is 12.1 Å². The summed E-state index contributed by atoms with van der Waals surface area (Å²) in [6.07, 6.45) is 4.00. The highest BCUT2D eigenvalue weighted by molar-refractivity contribution is 5.87. The van der Waals surface area contributed by atoms with Crippen molar-refractivity contribution in [3.63, 3.8) is 0 Å². The molecule has 7 heteroatoms. The second-order valence-corrected chi connectivity index (χ2v) is 6.52.